The van der Waals surface area contributed by atoms with E-state index >= 15 is 0 Å². The molecule has 6 heteroatoms. The molecule has 0 unspecified atom stereocenters. The fourth-order valence-corrected chi connectivity index (χ4v) is 3.37. The Morgan fingerprint density at radius 3 is 2.60 bits per heavy atom. The zero-order valence-electron chi connectivity index (χ0n) is 14.8. The molecule has 0 amide bonds. The Morgan fingerprint density at radius 1 is 1.12 bits per heavy atom. The van der Waals surface area contributed by atoms with Crippen molar-refractivity contribution in [1.29, 1.82) is 0 Å². The van der Waals surface area contributed by atoms with Crippen molar-refractivity contribution in [2.24, 2.45) is 4.99 Å². The summed E-state index contributed by atoms with van der Waals surface area (Å²) in [7, 11) is 1.79. The van der Waals surface area contributed by atoms with E-state index in [4.69, 9.17) is 0 Å². The van der Waals surface area contributed by atoms with E-state index in [1.165, 1.54) is 10.4 Å². The number of rotatable bonds is 5. The summed E-state index contributed by atoms with van der Waals surface area (Å²) in [5, 5.41) is 13.4. The maximum Gasteiger partial charge on any atom is 0.191 e. The third kappa shape index (κ3) is 4.28. The van der Waals surface area contributed by atoms with E-state index in [0.717, 1.165) is 29.6 Å². The van der Waals surface area contributed by atoms with Crippen molar-refractivity contribution in [3.63, 3.8) is 0 Å². The minimum atomic E-state index is 0.679. The lowest BCUT2D eigenvalue weighted by molar-refractivity contribution is 0.783. The fourth-order valence-electron chi connectivity index (χ4n) is 2.72. The van der Waals surface area contributed by atoms with Gasteiger partial charge in [-0.2, -0.15) is 5.10 Å². The van der Waals surface area contributed by atoms with E-state index < -0.39 is 0 Å². The average Bonchev–Trinajstić information content (AvgIpc) is 3.24. The Bertz CT molecular complexity index is 849. The standard InChI is InChI=1S/C19H23N5S/c1-14-11-15(2)24(23-14)18-9-5-4-7-16(18)12-21-19(20-3)22-13-17-8-6-10-25-17/h4-11H,12-13H2,1-3H3,(H2,20,21,22). The second-order valence-electron chi connectivity index (χ2n) is 5.83. The predicted molar refractivity (Wildman–Crippen MR) is 104 cm³/mol. The second kappa shape index (κ2) is 7.98. The van der Waals surface area contributed by atoms with Crippen molar-refractivity contribution in [3.8, 4) is 5.69 Å². The number of aryl methyl sites for hydroxylation is 2. The third-order valence-corrected chi connectivity index (χ3v) is 4.79. The maximum absolute atomic E-state index is 4.60. The minimum absolute atomic E-state index is 0.679. The number of aromatic nitrogens is 2. The summed E-state index contributed by atoms with van der Waals surface area (Å²) in [6.07, 6.45) is 0. The van der Waals surface area contributed by atoms with E-state index in [0.29, 0.717) is 6.54 Å². The van der Waals surface area contributed by atoms with Gasteiger partial charge in [0.15, 0.2) is 5.96 Å². The normalized spacial score (nSPS) is 11.6. The molecule has 1 aromatic carbocycles. The van der Waals surface area contributed by atoms with Crippen molar-refractivity contribution < 1.29 is 0 Å². The number of hydrogen-bond acceptors (Lipinski definition) is 3. The van der Waals surface area contributed by atoms with Crippen molar-refractivity contribution >= 4 is 17.3 Å². The van der Waals surface area contributed by atoms with Gasteiger partial charge in [-0.05, 0) is 43.0 Å². The van der Waals surface area contributed by atoms with Crippen molar-refractivity contribution in [2.45, 2.75) is 26.9 Å². The molecule has 130 valence electrons. The van der Waals surface area contributed by atoms with Crippen molar-refractivity contribution in [1.82, 2.24) is 20.4 Å². The largest absolute Gasteiger partial charge is 0.352 e. The number of guanidine groups is 1. The average molecular weight is 353 g/mol. The van der Waals surface area contributed by atoms with Gasteiger partial charge in [0, 0.05) is 24.2 Å². The maximum atomic E-state index is 4.60. The summed E-state index contributed by atoms with van der Waals surface area (Å²) in [5.74, 6) is 0.788. The molecule has 3 aromatic rings. The van der Waals surface area contributed by atoms with Gasteiger partial charge in [0.05, 0.1) is 17.9 Å². The van der Waals surface area contributed by atoms with Crippen LogP contribution in [0.5, 0.6) is 0 Å². The van der Waals surface area contributed by atoms with Gasteiger partial charge in [0.2, 0.25) is 0 Å². The molecular weight excluding hydrogens is 330 g/mol. The molecule has 3 rings (SSSR count). The molecule has 2 N–H and O–H groups in total. The van der Waals surface area contributed by atoms with Crippen LogP contribution in [0.2, 0.25) is 0 Å². The first-order valence-corrected chi connectivity index (χ1v) is 9.14. The number of thiophene rings is 1. The highest BCUT2D eigenvalue weighted by atomic mass is 32.1. The van der Waals surface area contributed by atoms with Gasteiger partial charge >= 0.3 is 0 Å². The molecule has 0 aliphatic rings. The van der Waals surface area contributed by atoms with E-state index in [2.05, 4.69) is 63.4 Å². The first-order valence-electron chi connectivity index (χ1n) is 8.26. The molecule has 0 aliphatic heterocycles. The smallest absolute Gasteiger partial charge is 0.191 e. The first kappa shape index (κ1) is 17.2. The van der Waals surface area contributed by atoms with Crippen LogP contribution in [0, 0.1) is 13.8 Å². The molecule has 25 heavy (non-hydrogen) atoms. The van der Waals surface area contributed by atoms with Gasteiger partial charge in [-0.3, -0.25) is 4.99 Å². The lowest BCUT2D eigenvalue weighted by Crippen LogP contribution is -2.36. The highest BCUT2D eigenvalue weighted by molar-refractivity contribution is 7.09. The molecule has 0 fully saturated rings. The summed E-state index contributed by atoms with van der Waals surface area (Å²) >= 11 is 1.74. The Kier molecular flexibility index (Phi) is 5.50. The van der Waals surface area contributed by atoms with Crippen LogP contribution in [0.3, 0.4) is 0 Å². The molecule has 0 saturated heterocycles. The van der Waals surface area contributed by atoms with E-state index in [1.807, 2.05) is 23.7 Å². The Hall–Kier alpha value is -2.60. The van der Waals surface area contributed by atoms with Crippen LogP contribution in [-0.2, 0) is 13.1 Å². The monoisotopic (exact) mass is 353 g/mol. The number of aliphatic imine (C=N–C) groups is 1. The van der Waals surface area contributed by atoms with Crippen LogP contribution >= 0.6 is 11.3 Å². The highest BCUT2D eigenvalue weighted by Crippen LogP contribution is 2.17. The summed E-state index contributed by atoms with van der Waals surface area (Å²) in [5.41, 5.74) is 4.42. The number of nitrogens with zero attached hydrogens (tertiary/aromatic N) is 3. The molecule has 0 bridgehead atoms. The molecule has 5 nitrogen and oxygen atoms in total. The number of nitrogens with one attached hydrogen (secondary N) is 2. The molecular formula is C19H23N5S. The Labute approximate surface area is 152 Å². The van der Waals surface area contributed by atoms with E-state index in [-0.39, 0.29) is 0 Å². The zero-order chi connectivity index (χ0) is 17.6. The van der Waals surface area contributed by atoms with Gasteiger partial charge in [-0.25, -0.2) is 4.68 Å². The van der Waals surface area contributed by atoms with Crippen molar-refractivity contribution in [2.75, 3.05) is 7.05 Å². The van der Waals surface area contributed by atoms with Crippen LogP contribution < -0.4 is 10.6 Å². The first-order chi connectivity index (χ1) is 12.2. The van der Waals surface area contributed by atoms with Gasteiger partial charge in [-0.15, -0.1) is 11.3 Å². The van der Waals surface area contributed by atoms with Crippen LogP contribution in [0.4, 0.5) is 0 Å². The van der Waals surface area contributed by atoms with Gasteiger partial charge < -0.3 is 10.6 Å². The van der Waals surface area contributed by atoms with Gasteiger partial charge in [-0.1, -0.05) is 24.3 Å². The minimum Gasteiger partial charge on any atom is -0.352 e. The van der Waals surface area contributed by atoms with Crippen LogP contribution in [-0.4, -0.2) is 22.8 Å². The molecule has 0 atom stereocenters. The number of para-hydroxylation sites is 1. The van der Waals surface area contributed by atoms with Gasteiger partial charge in [0.1, 0.15) is 0 Å². The summed E-state index contributed by atoms with van der Waals surface area (Å²) in [6.45, 7) is 5.54. The lowest BCUT2D eigenvalue weighted by atomic mass is 10.1. The fraction of sp³-hybridized carbons (Fsp3) is 0.263. The predicted octanol–water partition coefficient (Wildman–Crippen LogP) is 3.42. The van der Waals surface area contributed by atoms with Crippen molar-refractivity contribution in [3.05, 3.63) is 69.7 Å². The molecule has 2 aromatic heterocycles. The Morgan fingerprint density at radius 2 is 1.92 bits per heavy atom. The number of hydrogen-bond donors (Lipinski definition) is 2. The topological polar surface area (TPSA) is 54.2 Å². The molecule has 2 heterocycles. The summed E-state index contributed by atoms with van der Waals surface area (Å²) < 4.78 is 1.99. The van der Waals surface area contributed by atoms with Gasteiger partial charge in [0.25, 0.3) is 0 Å². The quantitative estimate of drug-likeness (QED) is 0.546. The van der Waals surface area contributed by atoms with Crippen LogP contribution in [0.1, 0.15) is 21.8 Å². The van der Waals surface area contributed by atoms with E-state index in [9.17, 15) is 0 Å². The van der Waals surface area contributed by atoms with Crippen LogP contribution in [0.15, 0.2) is 52.8 Å². The molecule has 0 aliphatic carbocycles. The summed E-state index contributed by atoms with van der Waals surface area (Å²) in [4.78, 5) is 5.59. The lowest BCUT2D eigenvalue weighted by Gasteiger charge is -2.14. The third-order valence-electron chi connectivity index (χ3n) is 3.91. The number of benzene rings is 1. The van der Waals surface area contributed by atoms with E-state index in [1.54, 1.807) is 18.4 Å². The highest BCUT2D eigenvalue weighted by Gasteiger charge is 2.09. The summed E-state index contributed by atoms with van der Waals surface area (Å²) in [6, 6.07) is 14.6. The SMILES string of the molecule is CN=C(NCc1cccs1)NCc1ccccc1-n1nc(C)cc1C. The van der Waals surface area contributed by atoms with Crippen LogP contribution in [0.25, 0.3) is 5.69 Å². The zero-order valence-corrected chi connectivity index (χ0v) is 15.6. The Balaban J connectivity index is 1.69. The molecule has 0 radical (unpaired) electrons. The molecule has 0 spiro atoms. The second-order valence-corrected chi connectivity index (χ2v) is 6.86. The molecule has 0 saturated carbocycles.